The smallest absolute Gasteiger partial charge is 0.234 e. The molecule has 0 spiro atoms. The fourth-order valence-electron chi connectivity index (χ4n) is 1.10. The highest BCUT2D eigenvalue weighted by Crippen LogP contribution is 2.17. The van der Waals surface area contributed by atoms with Gasteiger partial charge >= 0.3 is 0 Å². The Kier molecular flexibility index (Phi) is 2.56. The van der Waals surface area contributed by atoms with E-state index in [0.29, 0.717) is 5.25 Å². The summed E-state index contributed by atoms with van der Waals surface area (Å²) in [6.45, 7) is 0.911. The third kappa shape index (κ3) is 1.64. The van der Waals surface area contributed by atoms with E-state index in [1.807, 2.05) is 0 Å². The predicted octanol–water partition coefficient (Wildman–Crippen LogP) is -0.435. The van der Waals surface area contributed by atoms with Crippen molar-refractivity contribution >= 4 is 17.7 Å². The maximum absolute atomic E-state index is 10.6. The van der Waals surface area contributed by atoms with Gasteiger partial charge in [-0.3, -0.25) is 4.79 Å². The maximum Gasteiger partial charge on any atom is 0.234 e. The van der Waals surface area contributed by atoms with Gasteiger partial charge in [0.25, 0.3) is 0 Å². The number of hydrogen-bond acceptors (Lipinski definition) is 3. The number of carbonyl (C=O) groups excluding carboxylic acids is 1. The monoisotopic (exact) mass is 160 g/mol. The van der Waals surface area contributed by atoms with Gasteiger partial charge in [0.05, 0.1) is 6.04 Å². The first kappa shape index (κ1) is 7.88. The van der Waals surface area contributed by atoms with Crippen LogP contribution in [0.1, 0.15) is 6.42 Å². The Morgan fingerprint density at radius 3 is 2.80 bits per heavy atom. The van der Waals surface area contributed by atoms with Gasteiger partial charge < -0.3 is 11.1 Å². The number of nitrogens with one attached hydrogen (secondary N) is 1. The van der Waals surface area contributed by atoms with Crippen molar-refractivity contribution in [2.45, 2.75) is 17.7 Å². The molecular weight excluding hydrogens is 148 g/mol. The molecule has 1 aliphatic heterocycles. The first-order chi connectivity index (χ1) is 4.74. The molecule has 0 aromatic rings. The van der Waals surface area contributed by atoms with E-state index in [2.05, 4.69) is 11.6 Å². The molecule has 1 aliphatic rings. The second kappa shape index (κ2) is 3.25. The van der Waals surface area contributed by atoms with Crippen molar-refractivity contribution < 1.29 is 4.79 Å². The minimum absolute atomic E-state index is 0.0857. The van der Waals surface area contributed by atoms with Crippen LogP contribution in [0, 0.1) is 0 Å². The summed E-state index contributed by atoms with van der Waals surface area (Å²) in [6.07, 6.45) is 2.94. The molecule has 3 nitrogen and oxygen atoms in total. The van der Waals surface area contributed by atoms with E-state index in [9.17, 15) is 4.79 Å². The summed E-state index contributed by atoms with van der Waals surface area (Å²) < 4.78 is 0. The van der Waals surface area contributed by atoms with Gasteiger partial charge in [0.2, 0.25) is 5.91 Å². The molecular formula is C6H12N2OS. The van der Waals surface area contributed by atoms with Gasteiger partial charge in [0.15, 0.2) is 0 Å². The molecule has 0 radical (unpaired) electrons. The lowest BCUT2D eigenvalue weighted by Gasteiger charge is -2.03. The number of carbonyl (C=O) groups is 1. The summed E-state index contributed by atoms with van der Waals surface area (Å²) in [5.41, 5.74) is 5.10. The van der Waals surface area contributed by atoms with E-state index in [0.717, 1.165) is 13.0 Å². The van der Waals surface area contributed by atoms with Crippen LogP contribution in [0.15, 0.2) is 0 Å². The van der Waals surface area contributed by atoms with Crippen molar-refractivity contribution in [3.05, 3.63) is 0 Å². The Morgan fingerprint density at radius 1 is 1.80 bits per heavy atom. The van der Waals surface area contributed by atoms with Gasteiger partial charge in [0.1, 0.15) is 0 Å². The van der Waals surface area contributed by atoms with E-state index in [1.54, 1.807) is 11.8 Å². The zero-order valence-corrected chi connectivity index (χ0v) is 6.78. The molecule has 1 heterocycles. The number of rotatable bonds is 2. The van der Waals surface area contributed by atoms with Gasteiger partial charge in [-0.1, -0.05) is 0 Å². The van der Waals surface area contributed by atoms with Crippen LogP contribution in [0.25, 0.3) is 0 Å². The average molecular weight is 160 g/mol. The normalized spacial score (nSPS) is 32.5. The summed E-state index contributed by atoms with van der Waals surface area (Å²) in [4.78, 5) is 10.6. The number of amides is 1. The highest BCUT2D eigenvalue weighted by molar-refractivity contribution is 7.99. The van der Waals surface area contributed by atoms with Gasteiger partial charge in [-0.05, 0) is 12.7 Å². The minimum Gasteiger partial charge on any atom is -0.368 e. The van der Waals surface area contributed by atoms with Crippen LogP contribution in [0.3, 0.4) is 0 Å². The van der Waals surface area contributed by atoms with Crippen molar-refractivity contribution in [1.29, 1.82) is 0 Å². The minimum atomic E-state index is -0.225. The number of nitrogens with two attached hydrogens (primary N) is 1. The molecule has 1 rings (SSSR count). The lowest BCUT2D eigenvalue weighted by molar-refractivity contribution is -0.119. The fraction of sp³-hybridized carbons (Fsp3) is 0.833. The van der Waals surface area contributed by atoms with Crippen molar-refractivity contribution in [3.8, 4) is 0 Å². The van der Waals surface area contributed by atoms with Crippen LogP contribution in [0.2, 0.25) is 0 Å². The predicted molar refractivity (Wildman–Crippen MR) is 42.9 cm³/mol. The molecule has 1 amide bonds. The Balaban J connectivity index is 2.35. The molecule has 0 aromatic heterocycles. The molecule has 1 fully saturated rings. The highest BCUT2D eigenvalue weighted by Gasteiger charge is 2.26. The molecule has 3 N–H and O–H groups in total. The third-order valence-corrected chi connectivity index (χ3v) is 2.79. The highest BCUT2D eigenvalue weighted by atomic mass is 32.2. The Bertz CT molecular complexity index is 140. The summed E-state index contributed by atoms with van der Waals surface area (Å²) in [6, 6.07) is -0.0857. The molecule has 1 saturated heterocycles. The van der Waals surface area contributed by atoms with Crippen LogP contribution >= 0.6 is 11.8 Å². The number of primary amides is 1. The summed E-state index contributed by atoms with van der Waals surface area (Å²) >= 11 is 1.78. The van der Waals surface area contributed by atoms with Crippen LogP contribution in [0.4, 0.5) is 0 Å². The molecule has 0 bridgehead atoms. The summed E-state index contributed by atoms with van der Waals surface area (Å²) in [7, 11) is 0. The number of thioether (sulfide) groups is 1. The topological polar surface area (TPSA) is 55.1 Å². The van der Waals surface area contributed by atoms with Gasteiger partial charge in [0, 0.05) is 11.8 Å². The average Bonchev–Trinajstić information content (AvgIpc) is 2.34. The van der Waals surface area contributed by atoms with E-state index in [-0.39, 0.29) is 11.9 Å². The van der Waals surface area contributed by atoms with Gasteiger partial charge in [-0.25, -0.2) is 0 Å². The summed E-state index contributed by atoms with van der Waals surface area (Å²) in [5.74, 6) is -0.225. The van der Waals surface area contributed by atoms with Crippen LogP contribution in [0.5, 0.6) is 0 Å². The lowest BCUT2D eigenvalue weighted by Crippen LogP contribution is -2.36. The first-order valence-electron chi connectivity index (χ1n) is 3.29. The third-order valence-electron chi connectivity index (χ3n) is 1.77. The van der Waals surface area contributed by atoms with Crippen LogP contribution < -0.4 is 11.1 Å². The van der Waals surface area contributed by atoms with Crippen molar-refractivity contribution in [3.63, 3.8) is 0 Å². The molecule has 0 aromatic carbocycles. The number of hydrogen-bond donors (Lipinski definition) is 2. The van der Waals surface area contributed by atoms with Crippen LogP contribution in [-0.2, 0) is 4.79 Å². The van der Waals surface area contributed by atoms with Gasteiger partial charge in [-0.2, -0.15) is 11.8 Å². The van der Waals surface area contributed by atoms with Gasteiger partial charge in [-0.15, -0.1) is 0 Å². The van der Waals surface area contributed by atoms with Crippen molar-refractivity contribution in [1.82, 2.24) is 5.32 Å². The fourth-order valence-corrected chi connectivity index (χ4v) is 1.75. The van der Waals surface area contributed by atoms with Crippen molar-refractivity contribution in [2.75, 3.05) is 12.8 Å². The SMILES string of the molecule is CS[C@@H]1CN[C@H](C(N)=O)C1. The van der Waals surface area contributed by atoms with Crippen molar-refractivity contribution in [2.24, 2.45) is 5.73 Å². The Morgan fingerprint density at radius 2 is 2.50 bits per heavy atom. The second-order valence-corrected chi connectivity index (χ2v) is 3.59. The quantitative estimate of drug-likeness (QED) is 0.576. The van der Waals surface area contributed by atoms with Crippen LogP contribution in [-0.4, -0.2) is 30.0 Å². The molecule has 0 unspecified atom stereocenters. The molecule has 10 heavy (non-hydrogen) atoms. The molecule has 58 valence electrons. The zero-order chi connectivity index (χ0) is 7.56. The Labute approximate surface area is 64.7 Å². The Hall–Kier alpha value is -0.220. The van der Waals surface area contributed by atoms with E-state index in [4.69, 9.17) is 5.73 Å². The van der Waals surface area contributed by atoms with E-state index in [1.165, 1.54) is 0 Å². The van der Waals surface area contributed by atoms with E-state index >= 15 is 0 Å². The molecule has 4 heteroatoms. The molecule has 0 aliphatic carbocycles. The lowest BCUT2D eigenvalue weighted by atomic mass is 10.2. The molecule has 0 saturated carbocycles. The second-order valence-electron chi connectivity index (χ2n) is 2.46. The zero-order valence-electron chi connectivity index (χ0n) is 5.96. The van der Waals surface area contributed by atoms with E-state index < -0.39 is 0 Å². The molecule has 2 atom stereocenters. The largest absolute Gasteiger partial charge is 0.368 e. The standard InChI is InChI=1S/C6H12N2OS/c1-10-4-2-5(6(7)9)8-3-4/h4-5,8H,2-3H2,1H3,(H2,7,9)/t4-,5-/m0/s1. The maximum atomic E-state index is 10.6. The first-order valence-corrected chi connectivity index (χ1v) is 4.58. The summed E-state index contributed by atoms with van der Waals surface area (Å²) in [5, 5.41) is 3.63.